The summed E-state index contributed by atoms with van der Waals surface area (Å²) in [7, 11) is 0. The number of fused-ring (bicyclic) bond motifs is 1. The van der Waals surface area contributed by atoms with Crippen LogP contribution in [0.15, 0.2) is 73.3 Å². The van der Waals surface area contributed by atoms with E-state index in [1.54, 1.807) is 12.5 Å². The van der Waals surface area contributed by atoms with Crippen molar-refractivity contribution in [3.05, 3.63) is 78.3 Å². The Kier molecular flexibility index (Phi) is 3.81. The van der Waals surface area contributed by atoms with Crippen LogP contribution in [0.3, 0.4) is 0 Å². The predicted molar refractivity (Wildman–Crippen MR) is 97.5 cm³/mol. The zero-order chi connectivity index (χ0) is 16.4. The van der Waals surface area contributed by atoms with Crippen molar-refractivity contribution in [1.29, 1.82) is 0 Å². The molecular formula is C19H13ClN4. The third kappa shape index (κ3) is 2.92. The quantitative estimate of drug-likeness (QED) is 0.567. The zero-order valence-corrected chi connectivity index (χ0v) is 13.4. The highest BCUT2D eigenvalue weighted by atomic mass is 35.5. The second kappa shape index (κ2) is 6.26. The molecule has 116 valence electrons. The van der Waals surface area contributed by atoms with Crippen molar-refractivity contribution in [3.8, 4) is 11.3 Å². The summed E-state index contributed by atoms with van der Waals surface area (Å²) in [6, 6.07) is 17.5. The average Bonchev–Trinajstić information content (AvgIpc) is 2.63. The molecule has 4 aromatic rings. The Balaban J connectivity index is 1.70. The minimum atomic E-state index is 0.704. The molecule has 2 aromatic carbocycles. The Morgan fingerprint density at radius 1 is 0.917 bits per heavy atom. The number of pyridine rings is 1. The summed E-state index contributed by atoms with van der Waals surface area (Å²) in [5, 5.41) is 6.24. The number of nitrogens with zero attached hydrogens (tertiary/aromatic N) is 3. The van der Waals surface area contributed by atoms with Gasteiger partial charge in [-0.25, -0.2) is 9.97 Å². The van der Waals surface area contributed by atoms with E-state index in [0.29, 0.717) is 5.02 Å². The van der Waals surface area contributed by atoms with Crippen LogP contribution >= 0.6 is 11.6 Å². The number of aromatic nitrogens is 3. The van der Waals surface area contributed by atoms with E-state index in [9.17, 15) is 0 Å². The van der Waals surface area contributed by atoms with Crippen molar-refractivity contribution in [1.82, 2.24) is 15.0 Å². The van der Waals surface area contributed by atoms with Crippen LogP contribution in [-0.2, 0) is 0 Å². The van der Waals surface area contributed by atoms with Crippen molar-refractivity contribution in [3.63, 3.8) is 0 Å². The minimum Gasteiger partial charge on any atom is -0.340 e. The molecule has 0 bridgehead atoms. The molecule has 0 radical (unpaired) electrons. The lowest BCUT2D eigenvalue weighted by molar-refractivity contribution is 1.17. The summed E-state index contributed by atoms with van der Waals surface area (Å²) in [5.74, 6) is 0.735. The maximum Gasteiger partial charge on any atom is 0.134 e. The van der Waals surface area contributed by atoms with E-state index in [2.05, 4.69) is 20.3 Å². The third-order valence-corrected chi connectivity index (χ3v) is 4.00. The third-order valence-electron chi connectivity index (χ3n) is 3.75. The fourth-order valence-corrected chi connectivity index (χ4v) is 2.70. The van der Waals surface area contributed by atoms with Gasteiger partial charge < -0.3 is 5.32 Å². The van der Waals surface area contributed by atoms with E-state index in [0.717, 1.165) is 33.5 Å². The molecule has 0 unspecified atom stereocenters. The van der Waals surface area contributed by atoms with Gasteiger partial charge in [-0.3, -0.25) is 4.98 Å². The summed E-state index contributed by atoms with van der Waals surface area (Å²) < 4.78 is 0. The van der Waals surface area contributed by atoms with Crippen molar-refractivity contribution in [2.75, 3.05) is 5.32 Å². The molecule has 0 spiro atoms. The maximum atomic E-state index is 5.94. The number of halogens is 1. The highest BCUT2D eigenvalue weighted by Crippen LogP contribution is 2.26. The highest BCUT2D eigenvalue weighted by molar-refractivity contribution is 6.30. The number of hydrogen-bond donors (Lipinski definition) is 1. The van der Waals surface area contributed by atoms with Crippen molar-refractivity contribution >= 4 is 33.9 Å². The Bertz CT molecular complexity index is 994. The summed E-state index contributed by atoms with van der Waals surface area (Å²) in [5.41, 5.74) is 2.81. The van der Waals surface area contributed by atoms with E-state index >= 15 is 0 Å². The second-order valence-corrected chi connectivity index (χ2v) is 5.76. The predicted octanol–water partition coefficient (Wildman–Crippen LogP) is 5.09. The second-order valence-electron chi connectivity index (χ2n) is 5.32. The molecule has 0 fully saturated rings. The van der Waals surface area contributed by atoms with Crippen molar-refractivity contribution < 1.29 is 0 Å². The van der Waals surface area contributed by atoms with Crippen LogP contribution in [0.25, 0.3) is 22.0 Å². The molecule has 0 saturated carbocycles. The Hall–Kier alpha value is -2.98. The van der Waals surface area contributed by atoms with Gasteiger partial charge in [-0.2, -0.15) is 0 Å². The van der Waals surface area contributed by atoms with Gasteiger partial charge in [0.2, 0.25) is 0 Å². The largest absolute Gasteiger partial charge is 0.340 e. The summed E-state index contributed by atoms with van der Waals surface area (Å²) in [6.45, 7) is 0. The first kappa shape index (κ1) is 14.6. The van der Waals surface area contributed by atoms with Crippen LogP contribution in [-0.4, -0.2) is 15.0 Å². The molecule has 0 aliphatic heterocycles. The lowest BCUT2D eigenvalue weighted by Crippen LogP contribution is -1.96. The van der Waals surface area contributed by atoms with Gasteiger partial charge in [-0.15, -0.1) is 0 Å². The van der Waals surface area contributed by atoms with E-state index < -0.39 is 0 Å². The molecule has 0 aliphatic carbocycles. The molecule has 2 heterocycles. The Morgan fingerprint density at radius 3 is 2.67 bits per heavy atom. The van der Waals surface area contributed by atoms with Gasteiger partial charge in [-0.1, -0.05) is 35.9 Å². The number of nitrogens with one attached hydrogen (secondary N) is 1. The van der Waals surface area contributed by atoms with Crippen molar-refractivity contribution in [2.24, 2.45) is 0 Å². The number of hydrogen-bond acceptors (Lipinski definition) is 4. The molecule has 2 aromatic heterocycles. The zero-order valence-electron chi connectivity index (χ0n) is 12.6. The van der Waals surface area contributed by atoms with Crippen molar-refractivity contribution in [2.45, 2.75) is 0 Å². The Labute approximate surface area is 144 Å². The van der Waals surface area contributed by atoms with Crippen LogP contribution in [0.1, 0.15) is 0 Å². The lowest BCUT2D eigenvalue weighted by atomic mass is 10.1. The minimum absolute atomic E-state index is 0.704. The van der Waals surface area contributed by atoms with Gasteiger partial charge in [-0.05, 0) is 24.3 Å². The molecule has 5 heteroatoms. The van der Waals surface area contributed by atoms with Gasteiger partial charge in [0.25, 0.3) is 0 Å². The Morgan fingerprint density at radius 2 is 1.79 bits per heavy atom. The summed E-state index contributed by atoms with van der Waals surface area (Å²) >= 11 is 5.94. The molecule has 0 atom stereocenters. The first-order valence-electron chi connectivity index (χ1n) is 7.47. The SMILES string of the molecule is Clc1ccc(-c2cc(Nc3cccc4cnccc34)ncn2)cc1. The van der Waals surface area contributed by atoms with Gasteiger partial charge in [0.15, 0.2) is 0 Å². The summed E-state index contributed by atoms with van der Waals surface area (Å²) in [4.78, 5) is 12.8. The van der Waals surface area contributed by atoms with Gasteiger partial charge in [0.05, 0.1) is 5.69 Å². The smallest absolute Gasteiger partial charge is 0.134 e. The standard InChI is InChI=1S/C19H13ClN4/c20-15-6-4-13(5-7-15)18-10-19(23-12-22-18)24-17-3-1-2-14-11-21-9-8-16(14)17/h1-12H,(H,22,23,24). The van der Waals surface area contributed by atoms with Crippen LogP contribution in [0.5, 0.6) is 0 Å². The highest BCUT2D eigenvalue weighted by Gasteiger charge is 2.05. The van der Waals surface area contributed by atoms with Gasteiger partial charge in [0.1, 0.15) is 12.1 Å². The molecule has 0 saturated heterocycles. The topological polar surface area (TPSA) is 50.7 Å². The number of anilines is 2. The fourth-order valence-electron chi connectivity index (χ4n) is 2.57. The number of rotatable bonds is 3. The fraction of sp³-hybridized carbons (Fsp3) is 0. The molecule has 24 heavy (non-hydrogen) atoms. The van der Waals surface area contributed by atoms with Crippen LogP contribution in [0.2, 0.25) is 5.02 Å². The van der Waals surface area contributed by atoms with E-state index in [1.165, 1.54) is 0 Å². The normalized spacial score (nSPS) is 10.7. The van der Waals surface area contributed by atoms with Gasteiger partial charge >= 0.3 is 0 Å². The molecular weight excluding hydrogens is 320 g/mol. The molecule has 0 aliphatic rings. The van der Waals surface area contributed by atoms with Gasteiger partial charge in [0, 0.05) is 45.5 Å². The molecule has 4 rings (SSSR count). The van der Waals surface area contributed by atoms with Crippen LogP contribution in [0, 0.1) is 0 Å². The van der Waals surface area contributed by atoms with E-state index in [1.807, 2.05) is 60.8 Å². The summed E-state index contributed by atoms with van der Waals surface area (Å²) in [6.07, 6.45) is 5.19. The monoisotopic (exact) mass is 332 g/mol. The first-order chi connectivity index (χ1) is 11.8. The first-order valence-corrected chi connectivity index (χ1v) is 7.85. The molecule has 0 amide bonds. The van der Waals surface area contributed by atoms with E-state index in [4.69, 9.17) is 11.6 Å². The van der Waals surface area contributed by atoms with Crippen LogP contribution in [0.4, 0.5) is 11.5 Å². The number of benzene rings is 2. The molecule has 4 nitrogen and oxygen atoms in total. The lowest BCUT2D eigenvalue weighted by Gasteiger charge is -2.10. The molecule has 1 N–H and O–H groups in total. The van der Waals surface area contributed by atoms with E-state index in [-0.39, 0.29) is 0 Å². The van der Waals surface area contributed by atoms with Crippen LogP contribution < -0.4 is 5.32 Å². The average molecular weight is 333 g/mol. The maximum absolute atomic E-state index is 5.94.